The third-order valence-corrected chi connectivity index (χ3v) is 4.66. The molecule has 0 saturated carbocycles. The monoisotopic (exact) mass is 420 g/mol. The Morgan fingerprint density at radius 2 is 1.83 bits per heavy atom. The zero-order chi connectivity index (χ0) is 21.1. The number of ether oxygens (including phenoxy) is 1. The van der Waals surface area contributed by atoms with Crippen molar-refractivity contribution in [2.45, 2.75) is 6.92 Å². The van der Waals surface area contributed by atoms with Crippen LogP contribution in [0.25, 0.3) is 16.7 Å². The molecular formula is C22H17ClN4O3. The van der Waals surface area contributed by atoms with E-state index in [0.717, 1.165) is 10.9 Å². The highest BCUT2D eigenvalue weighted by Crippen LogP contribution is 2.23. The van der Waals surface area contributed by atoms with E-state index in [1.165, 1.54) is 10.9 Å². The number of amides is 1. The first-order chi connectivity index (χ1) is 14.6. The number of nitrogens with zero attached hydrogens (tertiary/aromatic N) is 3. The van der Waals surface area contributed by atoms with Gasteiger partial charge in [0.25, 0.3) is 5.91 Å². The Bertz CT molecular complexity index is 1230. The normalized spacial score (nSPS) is 10.7. The largest absolute Gasteiger partial charge is 0.462 e. The van der Waals surface area contributed by atoms with Gasteiger partial charge in [0.2, 0.25) is 0 Å². The Morgan fingerprint density at radius 1 is 1.07 bits per heavy atom. The summed E-state index contributed by atoms with van der Waals surface area (Å²) >= 11 is 5.90. The van der Waals surface area contributed by atoms with E-state index in [4.69, 9.17) is 16.3 Å². The lowest BCUT2D eigenvalue weighted by Crippen LogP contribution is -2.18. The lowest BCUT2D eigenvalue weighted by Gasteiger charge is -2.11. The minimum Gasteiger partial charge on any atom is -0.462 e. The molecule has 2 heterocycles. The summed E-state index contributed by atoms with van der Waals surface area (Å²) in [5, 5.41) is 8.51. The van der Waals surface area contributed by atoms with Crippen LogP contribution in [-0.2, 0) is 4.74 Å². The molecule has 150 valence electrons. The number of hydrogen-bond donors (Lipinski definition) is 1. The molecule has 0 unspecified atom stereocenters. The second-order valence-electron chi connectivity index (χ2n) is 6.36. The molecule has 1 N–H and O–H groups in total. The highest BCUT2D eigenvalue weighted by Gasteiger charge is 2.22. The lowest BCUT2D eigenvalue weighted by atomic mass is 10.2. The predicted molar refractivity (Wildman–Crippen MR) is 114 cm³/mol. The molecule has 0 atom stereocenters. The van der Waals surface area contributed by atoms with E-state index in [-0.39, 0.29) is 18.0 Å². The molecule has 2 aromatic carbocycles. The van der Waals surface area contributed by atoms with Gasteiger partial charge < -0.3 is 10.1 Å². The van der Waals surface area contributed by atoms with Crippen molar-refractivity contribution in [3.63, 3.8) is 0 Å². The highest BCUT2D eigenvalue weighted by molar-refractivity contribution is 6.30. The number of carbonyl (C=O) groups excluding carboxylic acids is 2. The average molecular weight is 421 g/mol. The van der Waals surface area contributed by atoms with E-state index in [0.29, 0.717) is 16.4 Å². The maximum Gasteiger partial charge on any atom is 0.343 e. The molecular weight excluding hydrogens is 404 g/mol. The summed E-state index contributed by atoms with van der Waals surface area (Å²) in [4.78, 5) is 29.8. The first-order valence-electron chi connectivity index (χ1n) is 9.25. The van der Waals surface area contributed by atoms with Gasteiger partial charge in [-0.15, -0.1) is 0 Å². The number of hydrogen-bond acceptors (Lipinski definition) is 5. The lowest BCUT2D eigenvalue weighted by molar-refractivity contribution is 0.0527. The Balaban J connectivity index is 1.77. The second-order valence-corrected chi connectivity index (χ2v) is 6.80. The number of nitrogens with one attached hydrogen (secondary N) is 1. The van der Waals surface area contributed by atoms with Crippen LogP contribution in [0.3, 0.4) is 0 Å². The van der Waals surface area contributed by atoms with Gasteiger partial charge in [0.1, 0.15) is 5.56 Å². The summed E-state index contributed by atoms with van der Waals surface area (Å²) in [6.07, 6.45) is 1.35. The molecule has 0 aliphatic carbocycles. The van der Waals surface area contributed by atoms with Crippen LogP contribution in [0.1, 0.15) is 27.6 Å². The van der Waals surface area contributed by atoms with Gasteiger partial charge in [-0.25, -0.2) is 9.78 Å². The summed E-state index contributed by atoms with van der Waals surface area (Å²) in [6.45, 7) is 1.90. The van der Waals surface area contributed by atoms with E-state index >= 15 is 0 Å². The van der Waals surface area contributed by atoms with Crippen LogP contribution in [0.2, 0.25) is 5.02 Å². The van der Waals surface area contributed by atoms with Crippen LogP contribution in [0, 0.1) is 0 Å². The number of carbonyl (C=O) groups is 2. The topological polar surface area (TPSA) is 86.1 Å². The maximum absolute atomic E-state index is 12.8. The summed E-state index contributed by atoms with van der Waals surface area (Å²) in [6, 6.07) is 17.7. The van der Waals surface area contributed by atoms with Crippen LogP contribution in [-0.4, -0.2) is 33.2 Å². The molecule has 4 rings (SSSR count). The third kappa shape index (κ3) is 3.88. The standard InChI is InChI=1S/C22H17ClN4O3/c1-2-30-22(29)17-13-24-27(19-12-9-14-5-3-4-6-18(14)25-19)20(17)26-21(28)15-7-10-16(23)11-8-15/h3-13H,2H2,1H3,(H,26,28). The Hall–Kier alpha value is -3.71. The van der Waals surface area contributed by atoms with E-state index < -0.39 is 11.9 Å². The number of halogens is 1. The summed E-state index contributed by atoms with van der Waals surface area (Å²) in [5.41, 5.74) is 1.28. The molecule has 1 amide bonds. The predicted octanol–water partition coefficient (Wildman–Crippen LogP) is 4.50. The fourth-order valence-electron chi connectivity index (χ4n) is 2.95. The van der Waals surface area contributed by atoms with Gasteiger partial charge >= 0.3 is 5.97 Å². The van der Waals surface area contributed by atoms with Gasteiger partial charge in [0, 0.05) is 16.0 Å². The number of esters is 1. The Labute approximate surface area is 177 Å². The van der Waals surface area contributed by atoms with Gasteiger partial charge in [-0.1, -0.05) is 29.8 Å². The van der Waals surface area contributed by atoms with Crippen molar-refractivity contribution in [2.24, 2.45) is 0 Å². The van der Waals surface area contributed by atoms with Crippen molar-refractivity contribution in [1.29, 1.82) is 0 Å². The molecule has 0 aliphatic rings. The molecule has 4 aromatic rings. The van der Waals surface area contributed by atoms with E-state index in [1.807, 2.05) is 30.3 Å². The van der Waals surface area contributed by atoms with Gasteiger partial charge in [0.05, 0.1) is 18.3 Å². The number of anilines is 1. The molecule has 0 bridgehead atoms. The summed E-state index contributed by atoms with van der Waals surface area (Å²) in [5.74, 6) is -0.373. The van der Waals surface area contributed by atoms with Crippen molar-refractivity contribution < 1.29 is 14.3 Å². The first-order valence-corrected chi connectivity index (χ1v) is 9.63. The average Bonchev–Trinajstić information content (AvgIpc) is 3.17. The zero-order valence-corrected chi connectivity index (χ0v) is 16.8. The number of para-hydroxylation sites is 1. The van der Waals surface area contributed by atoms with Crippen molar-refractivity contribution >= 4 is 40.2 Å². The van der Waals surface area contributed by atoms with Crippen LogP contribution in [0.5, 0.6) is 0 Å². The van der Waals surface area contributed by atoms with Crippen LogP contribution >= 0.6 is 11.6 Å². The van der Waals surface area contributed by atoms with Crippen LogP contribution < -0.4 is 5.32 Å². The third-order valence-electron chi connectivity index (χ3n) is 4.40. The fraction of sp³-hybridized carbons (Fsp3) is 0.0909. The number of aromatic nitrogens is 3. The smallest absolute Gasteiger partial charge is 0.343 e. The van der Waals surface area contributed by atoms with Gasteiger partial charge in [-0.3, -0.25) is 4.79 Å². The maximum atomic E-state index is 12.8. The van der Waals surface area contributed by atoms with Crippen LogP contribution in [0.15, 0.2) is 66.9 Å². The SMILES string of the molecule is CCOC(=O)c1cnn(-c2ccc3ccccc3n2)c1NC(=O)c1ccc(Cl)cc1. The molecule has 30 heavy (non-hydrogen) atoms. The molecule has 0 fully saturated rings. The zero-order valence-electron chi connectivity index (χ0n) is 16.0. The van der Waals surface area contributed by atoms with Crippen LogP contribution in [0.4, 0.5) is 5.82 Å². The minimum atomic E-state index is -0.587. The van der Waals surface area contributed by atoms with Gasteiger partial charge in [-0.05, 0) is 49.4 Å². The second kappa shape index (κ2) is 8.34. The van der Waals surface area contributed by atoms with Gasteiger partial charge in [0.15, 0.2) is 11.6 Å². The molecule has 0 spiro atoms. The molecule has 8 heteroatoms. The number of rotatable bonds is 5. The number of pyridine rings is 1. The number of benzene rings is 2. The highest BCUT2D eigenvalue weighted by atomic mass is 35.5. The number of fused-ring (bicyclic) bond motifs is 1. The van der Waals surface area contributed by atoms with Gasteiger partial charge in [-0.2, -0.15) is 9.78 Å². The fourth-order valence-corrected chi connectivity index (χ4v) is 3.08. The van der Waals surface area contributed by atoms with Crippen molar-refractivity contribution in [2.75, 3.05) is 11.9 Å². The molecule has 0 radical (unpaired) electrons. The van der Waals surface area contributed by atoms with Crippen molar-refractivity contribution in [3.8, 4) is 5.82 Å². The minimum absolute atomic E-state index is 0.133. The Kier molecular flexibility index (Phi) is 5.45. The van der Waals surface area contributed by atoms with E-state index in [1.54, 1.807) is 37.3 Å². The summed E-state index contributed by atoms with van der Waals surface area (Å²) in [7, 11) is 0. The van der Waals surface area contributed by atoms with E-state index in [2.05, 4.69) is 15.4 Å². The van der Waals surface area contributed by atoms with Crippen molar-refractivity contribution in [1.82, 2.24) is 14.8 Å². The quantitative estimate of drug-likeness (QED) is 0.480. The van der Waals surface area contributed by atoms with Crippen molar-refractivity contribution in [3.05, 3.63) is 83.0 Å². The molecule has 0 aliphatic heterocycles. The molecule has 0 saturated heterocycles. The Morgan fingerprint density at radius 3 is 2.60 bits per heavy atom. The first kappa shape index (κ1) is 19.6. The van der Waals surface area contributed by atoms with E-state index in [9.17, 15) is 9.59 Å². The molecule has 2 aromatic heterocycles. The summed E-state index contributed by atoms with van der Waals surface area (Å²) < 4.78 is 6.52. The molecule has 7 nitrogen and oxygen atoms in total.